The molecule has 0 saturated carbocycles. The number of carbonyl (C=O) groups is 1. The lowest BCUT2D eigenvalue weighted by Crippen LogP contribution is -2.28. The molecule has 0 bridgehead atoms. The molecule has 2 aromatic carbocycles. The Morgan fingerprint density at radius 3 is 2.25 bits per heavy atom. The number of hydrogen-bond acceptors (Lipinski definition) is 5. The van der Waals surface area contributed by atoms with Crippen molar-refractivity contribution in [1.82, 2.24) is 9.13 Å². The average molecular weight is 327 g/mol. The Hall–Kier alpha value is -3.22. The smallest absolute Gasteiger partial charge is 0.335 e. The molecule has 7 heteroatoms. The molecule has 0 radical (unpaired) electrons. The Morgan fingerprint density at radius 1 is 1.04 bits per heavy atom. The molecule has 3 aromatic rings. The highest BCUT2D eigenvalue weighted by atomic mass is 16.5. The van der Waals surface area contributed by atoms with Crippen LogP contribution >= 0.6 is 0 Å². The number of carbonyl (C=O) groups excluding carboxylic acids is 1. The zero-order valence-electron chi connectivity index (χ0n) is 13.6. The first-order valence-electron chi connectivity index (χ1n) is 7.22. The number of fused-ring (bicyclic) bond motifs is 1. The topological polar surface area (TPSA) is 88.5 Å². The first-order chi connectivity index (χ1) is 11.5. The summed E-state index contributed by atoms with van der Waals surface area (Å²) < 4.78 is 13.0. The van der Waals surface area contributed by atoms with Crippen LogP contribution in [0, 0.1) is 0 Å². The average Bonchev–Trinajstić information content (AvgIpc) is 2.83. The Kier molecular flexibility index (Phi) is 3.76. The van der Waals surface area contributed by atoms with Gasteiger partial charge in [0, 0.05) is 12.7 Å². The molecular formula is C17H17N3O4. The molecule has 7 nitrogen and oxygen atoms in total. The van der Waals surface area contributed by atoms with E-state index < -0.39 is 11.6 Å². The first kappa shape index (κ1) is 15.7. The summed E-state index contributed by atoms with van der Waals surface area (Å²) in [4.78, 5) is 25.7. The molecule has 0 aliphatic carbocycles. The minimum absolute atomic E-state index is 0.180. The SMILES string of the molecule is COc1cccc(OC)c1C(=O)n1c(=O)n(C)c2ccc(N)cc21. The van der Waals surface area contributed by atoms with E-state index in [2.05, 4.69) is 0 Å². The van der Waals surface area contributed by atoms with Gasteiger partial charge in [0.05, 0.1) is 25.3 Å². The van der Waals surface area contributed by atoms with Crippen LogP contribution in [0.3, 0.4) is 0 Å². The molecule has 24 heavy (non-hydrogen) atoms. The van der Waals surface area contributed by atoms with Gasteiger partial charge in [0.1, 0.15) is 17.1 Å². The molecule has 0 saturated heterocycles. The maximum absolute atomic E-state index is 13.1. The van der Waals surface area contributed by atoms with Crippen molar-refractivity contribution in [3.63, 3.8) is 0 Å². The predicted octanol–water partition coefficient (Wildman–Crippen LogP) is 1.63. The van der Waals surface area contributed by atoms with E-state index in [0.717, 1.165) is 4.57 Å². The van der Waals surface area contributed by atoms with Crippen LogP contribution < -0.4 is 20.9 Å². The fourth-order valence-corrected chi connectivity index (χ4v) is 2.73. The lowest BCUT2D eigenvalue weighted by atomic mass is 10.1. The van der Waals surface area contributed by atoms with Crippen LogP contribution in [0.15, 0.2) is 41.2 Å². The van der Waals surface area contributed by atoms with Crippen LogP contribution in [0.1, 0.15) is 10.4 Å². The van der Waals surface area contributed by atoms with Crippen LogP contribution in [0.5, 0.6) is 11.5 Å². The van der Waals surface area contributed by atoms with Crippen molar-refractivity contribution in [2.24, 2.45) is 7.05 Å². The highest BCUT2D eigenvalue weighted by molar-refractivity contribution is 6.05. The maximum Gasteiger partial charge on any atom is 0.335 e. The van der Waals surface area contributed by atoms with Gasteiger partial charge in [-0.15, -0.1) is 0 Å². The van der Waals surface area contributed by atoms with Crippen molar-refractivity contribution >= 4 is 22.6 Å². The zero-order valence-corrected chi connectivity index (χ0v) is 13.6. The molecule has 0 aliphatic rings. The third-order valence-corrected chi connectivity index (χ3v) is 3.92. The number of nitrogen functional groups attached to an aromatic ring is 1. The lowest BCUT2D eigenvalue weighted by molar-refractivity contribution is 0.0954. The number of ether oxygens (including phenoxy) is 2. The summed E-state index contributed by atoms with van der Waals surface area (Å²) in [6.45, 7) is 0. The number of anilines is 1. The molecule has 0 unspecified atom stereocenters. The highest BCUT2D eigenvalue weighted by Gasteiger charge is 2.24. The van der Waals surface area contributed by atoms with Crippen molar-refractivity contribution in [3.8, 4) is 11.5 Å². The number of nitrogens with zero attached hydrogens (tertiary/aromatic N) is 2. The van der Waals surface area contributed by atoms with Gasteiger partial charge >= 0.3 is 5.69 Å². The lowest BCUT2D eigenvalue weighted by Gasteiger charge is -2.12. The summed E-state index contributed by atoms with van der Waals surface area (Å²) in [7, 11) is 4.51. The summed E-state index contributed by atoms with van der Waals surface area (Å²) in [6.07, 6.45) is 0. The van der Waals surface area contributed by atoms with Crippen molar-refractivity contribution in [2.45, 2.75) is 0 Å². The number of methoxy groups -OCH3 is 2. The second kappa shape index (κ2) is 5.77. The zero-order chi connectivity index (χ0) is 17.4. The third-order valence-electron chi connectivity index (χ3n) is 3.92. The number of aromatic nitrogens is 2. The van der Waals surface area contributed by atoms with Crippen molar-refractivity contribution in [3.05, 3.63) is 52.4 Å². The molecule has 0 aliphatic heterocycles. The van der Waals surface area contributed by atoms with Gasteiger partial charge in [-0.05, 0) is 30.3 Å². The van der Waals surface area contributed by atoms with Crippen LogP contribution in [-0.2, 0) is 7.05 Å². The van der Waals surface area contributed by atoms with Gasteiger partial charge < -0.3 is 15.2 Å². The highest BCUT2D eigenvalue weighted by Crippen LogP contribution is 2.30. The molecule has 124 valence electrons. The second-order valence-corrected chi connectivity index (χ2v) is 5.27. The fourth-order valence-electron chi connectivity index (χ4n) is 2.73. The van der Waals surface area contributed by atoms with E-state index in [1.54, 1.807) is 43.4 Å². The minimum atomic E-state index is -0.537. The summed E-state index contributed by atoms with van der Waals surface area (Å²) in [5.41, 5.74) is 7.03. The van der Waals surface area contributed by atoms with Crippen LogP contribution in [0.25, 0.3) is 11.0 Å². The molecule has 2 N–H and O–H groups in total. The van der Waals surface area contributed by atoms with E-state index in [-0.39, 0.29) is 5.56 Å². The Morgan fingerprint density at radius 2 is 1.67 bits per heavy atom. The van der Waals surface area contributed by atoms with E-state index >= 15 is 0 Å². The monoisotopic (exact) mass is 327 g/mol. The minimum Gasteiger partial charge on any atom is -0.496 e. The molecule has 0 amide bonds. The van der Waals surface area contributed by atoms with E-state index in [9.17, 15) is 9.59 Å². The summed E-state index contributed by atoms with van der Waals surface area (Å²) >= 11 is 0. The van der Waals surface area contributed by atoms with Crippen molar-refractivity contribution in [1.29, 1.82) is 0 Å². The van der Waals surface area contributed by atoms with E-state index in [0.29, 0.717) is 28.2 Å². The summed E-state index contributed by atoms with van der Waals surface area (Å²) in [6, 6.07) is 9.96. The van der Waals surface area contributed by atoms with Crippen LogP contribution in [-0.4, -0.2) is 29.3 Å². The fraction of sp³-hybridized carbons (Fsp3) is 0.176. The molecular weight excluding hydrogens is 310 g/mol. The molecule has 3 rings (SSSR count). The van der Waals surface area contributed by atoms with E-state index in [1.807, 2.05) is 0 Å². The van der Waals surface area contributed by atoms with Gasteiger partial charge in [0.15, 0.2) is 0 Å². The Balaban J connectivity index is 2.34. The van der Waals surface area contributed by atoms with Gasteiger partial charge in [-0.2, -0.15) is 0 Å². The van der Waals surface area contributed by atoms with E-state index in [1.165, 1.54) is 18.8 Å². The predicted molar refractivity (Wildman–Crippen MR) is 90.9 cm³/mol. The van der Waals surface area contributed by atoms with Gasteiger partial charge in [0.2, 0.25) is 0 Å². The van der Waals surface area contributed by atoms with Crippen LogP contribution in [0.2, 0.25) is 0 Å². The van der Waals surface area contributed by atoms with Crippen molar-refractivity contribution < 1.29 is 14.3 Å². The number of imidazole rings is 1. The number of hydrogen-bond donors (Lipinski definition) is 1. The molecule has 0 fully saturated rings. The second-order valence-electron chi connectivity index (χ2n) is 5.27. The Bertz CT molecular complexity index is 979. The third kappa shape index (κ3) is 2.21. The molecule has 0 spiro atoms. The van der Waals surface area contributed by atoms with Crippen LogP contribution in [0.4, 0.5) is 5.69 Å². The number of aryl methyl sites for hydroxylation is 1. The van der Waals surface area contributed by atoms with Gasteiger partial charge in [-0.1, -0.05) is 6.07 Å². The molecule has 0 atom stereocenters. The van der Waals surface area contributed by atoms with E-state index in [4.69, 9.17) is 15.2 Å². The maximum atomic E-state index is 13.1. The quantitative estimate of drug-likeness (QED) is 0.739. The molecule has 1 heterocycles. The Labute approximate surface area is 137 Å². The number of nitrogens with two attached hydrogens (primary N) is 1. The number of benzene rings is 2. The summed E-state index contributed by atoms with van der Waals surface area (Å²) in [5, 5.41) is 0. The largest absolute Gasteiger partial charge is 0.496 e. The van der Waals surface area contributed by atoms with Gasteiger partial charge in [-0.3, -0.25) is 9.36 Å². The standard InChI is InChI=1S/C17H17N3O4/c1-19-11-8-7-10(18)9-12(11)20(17(19)22)16(21)15-13(23-2)5-4-6-14(15)24-3/h4-9H,18H2,1-3H3. The molecule has 1 aromatic heterocycles. The summed E-state index contributed by atoms with van der Waals surface area (Å²) in [5.74, 6) is 0.116. The van der Waals surface area contributed by atoms with Gasteiger partial charge in [0.25, 0.3) is 5.91 Å². The normalized spacial score (nSPS) is 10.8. The number of rotatable bonds is 3. The van der Waals surface area contributed by atoms with Crippen molar-refractivity contribution in [2.75, 3.05) is 20.0 Å². The van der Waals surface area contributed by atoms with Gasteiger partial charge in [-0.25, -0.2) is 9.36 Å². The first-order valence-corrected chi connectivity index (χ1v) is 7.22.